The predicted molar refractivity (Wildman–Crippen MR) is 80.5 cm³/mol. The predicted octanol–water partition coefficient (Wildman–Crippen LogP) is 2.42. The van der Waals surface area contributed by atoms with Crippen molar-refractivity contribution < 1.29 is 4.79 Å². The van der Waals surface area contributed by atoms with E-state index in [1.807, 2.05) is 6.92 Å². The summed E-state index contributed by atoms with van der Waals surface area (Å²) >= 11 is 0. The smallest absolute Gasteiger partial charge is 0.269 e. The molecule has 2 N–H and O–H groups in total. The van der Waals surface area contributed by atoms with Gasteiger partial charge in [-0.25, -0.2) is 9.99 Å². The molecule has 2 heterocycles. The van der Waals surface area contributed by atoms with Crippen LogP contribution in [-0.2, 0) is 0 Å². The Bertz CT molecular complexity index is 453. The lowest BCUT2D eigenvalue weighted by atomic mass is 10.00. The molecule has 0 aliphatic carbocycles. The SMILES string of the molecule is CCNc1ncccc1C(=O)NN1C(C)CCCC1C. The number of carbonyl (C=O) groups is 1. The van der Waals surface area contributed by atoms with Gasteiger partial charge < -0.3 is 5.32 Å². The molecule has 1 aromatic heterocycles. The molecule has 1 saturated heterocycles. The Morgan fingerprint density at radius 3 is 2.75 bits per heavy atom. The van der Waals surface area contributed by atoms with Crippen LogP contribution in [0.3, 0.4) is 0 Å². The summed E-state index contributed by atoms with van der Waals surface area (Å²) in [5.74, 6) is 0.555. The molecule has 110 valence electrons. The maximum atomic E-state index is 12.5. The molecule has 5 nitrogen and oxygen atoms in total. The van der Waals surface area contributed by atoms with E-state index < -0.39 is 0 Å². The Kier molecular flexibility index (Phi) is 4.95. The highest BCUT2D eigenvalue weighted by atomic mass is 16.2. The second-order valence-electron chi connectivity index (χ2n) is 5.41. The minimum absolute atomic E-state index is 0.0883. The van der Waals surface area contributed by atoms with Crippen LogP contribution in [0.5, 0.6) is 0 Å². The maximum absolute atomic E-state index is 12.5. The van der Waals surface area contributed by atoms with Crippen LogP contribution in [0.4, 0.5) is 5.82 Å². The first kappa shape index (κ1) is 14.8. The van der Waals surface area contributed by atoms with Crippen LogP contribution in [0, 0.1) is 0 Å². The van der Waals surface area contributed by atoms with Crippen LogP contribution in [0.25, 0.3) is 0 Å². The number of hydrogen-bond acceptors (Lipinski definition) is 4. The Morgan fingerprint density at radius 1 is 1.40 bits per heavy atom. The molecule has 5 heteroatoms. The second-order valence-corrected chi connectivity index (χ2v) is 5.41. The molecule has 2 unspecified atom stereocenters. The number of aromatic nitrogens is 1. The van der Waals surface area contributed by atoms with E-state index in [1.54, 1.807) is 18.3 Å². The van der Waals surface area contributed by atoms with E-state index in [0.29, 0.717) is 23.5 Å². The van der Waals surface area contributed by atoms with Gasteiger partial charge in [-0.2, -0.15) is 0 Å². The number of pyridine rings is 1. The molecule has 0 radical (unpaired) electrons. The van der Waals surface area contributed by atoms with Gasteiger partial charge in [0.25, 0.3) is 5.91 Å². The number of hydrogen-bond donors (Lipinski definition) is 2. The molecule has 0 saturated carbocycles. The lowest BCUT2D eigenvalue weighted by Gasteiger charge is -2.38. The van der Waals surface area contributed by atoms with Gasteiger partial charge in [0, 0.05) is 24.8 Å². The van der Waals surface area contributed by atoms with Crippen molar-refractivity contribution in [2.45, 2.75) is 52.1 Å². The highest BCUT2D eigenvalue weighted by molar-refractivity contribution is 5.98. The Hall–Kier alpha value is -1.62. The van der Waals surface area contributed by atoms with Gasteiger partial charge in [-0.15, -0.1) is 0 Å². The van der Waals surface area contributed by atoms with Crippen molar-refractivity contribution in [3.8, 4) is 0 Å². The molecule has 1 aliphatic rings. The molecule has 1 fully saturated rings. The summed E-state index contributed by atoms with van der Waals surface area (Å²) in [4.78, 5) is 16.7. The van der Waals surface area contributed by atoms with Gasteiger partial charge in [-0.1, -0.05) is 6.42 Å². The van der Waals surface area contributed by atoms with Gasteiger partial charge in [0.15, 0.2) is 0 Å². The summed E-state index contributed by atoms with van der Waals surface area (Å²) in [6.07, 6.45) is 5.17. The molecular formula is C15H24N4O. The zero-order valence-corrected chi connectivity index (χ0v) is 12.5. The minimum Gasteiger partial charge on any atom is -0.370 e. The normalized spacial score (nSPS) is 23.4. The summed E-state index contributed by atoms with van der Waals surface area (Å²) < 4.78 is 0. The monoisotopic (exact) mass is 276 g/mol. The van der Waals surface area contributed by atoms with Crippen molar-refractivity contribution in [1.29, 1.82) is 0 Å². The molecule has 20 heavy (non-hydrogen) atoms. The summed E-state index contributed by atoms with van der Waals surface area (Å²) in [5.41, 5.74) is 3.64. The summed E-state index contributed by atoms with van der Waals surface area (Å²) in [6.45, 7) is 7.05. The second kappa shape index (κ2) is 6.70. The third-order valence-corrected chi connectivity index (χ3v) is 3.82. The number of amides is 1. The third kappa shape index (κ3) is 3.28. The zero-order valence-electron chi connectivity index (χ0n) is 12.5. The van der Waals surface area contributed by atoms with Crippen LogP contribution in [0.2, 0.25) is 0 Å². The minimum atomic E-state index is -0.0883. The Balaban J connectivity index is 2.11. The number of rotatable bonds is 4. The van der Waals surface area contributed by atoms with E-state index >= 15 is 0 Å². The molecular weight excluding hydrogens is 252 g/mol. The molecule has 0 spiro atoms. The number of hydrazine groups is 1. The molecule has 0 bridgehead atoms. The topological polar surface area (TPSA) is 57.3 Å². The third-order valence-electron chi connectivity index (χ3n) is 3.82. The number of nitrogens with zero attached hydrogens (tertiary/aromatic N) is 2. The largest absolute Gasteiger partial charge is 0.370 e. The Morgan fingerprint density at radius 2 is 2.10 bits per heavy atom. The van der Waals surface area contributed by atoms with Crippen molar-refractivity contribution in [3.63, 3.8) is 0 Å². The van der Waals surface area contributed by atoms with Gasteiger partial charge in [0.2, 0.25) is 0 Å². The van der Waals surface area contributed by atoms with E-state index in [0.717, 1.165) is 19.4 Å². The molecule has 2 rings (SSSR count). The van der Waals surface area contributed by atoms with E-state index in [4.69, 9.17) is 0 Å². The van der Waals surface area contributed by atoms with E-state index in [-0.39, 0.29) is 5.91 Å². The summed E-state index contributed by atoms with van der Waals surface area (Å²) in [6, 6.07) is 4.35. The average Bonchev–Trinajstić information content (AvgIpc) is 2.44. The van der Waals surface area contributed by atoms with Crippen LogP contribution in [0.1, 0.15) is 50.4 Å². The fourth-order valence-electron chi connectivity index (χ4n) is 2.72. The summed E-state index contributed by atoms with van der Waals surface area (Å²) in [5, 5.41) is 5.20. The van der Waals surface area contributed by atoms with Crippen LogP contribution >= 0.6 is 0 Å². The van der Waals surface area contributed by atoms with Gasteiger partial charge in [0.1, 0.15) is 5.82 Å². The molecule has 1 amide bonds. The Labute approximate surface area is 120 Å². The fraction of sp³-hybridized carbons (Fsp3) is 0.600. The number of carbonyl (C=O) groups excluding carboxylic acids is 1. The summed E-state index contributed by atoms with van der Waals surface area (Å²) in [7, 11) is 0. The zero-order chi connectivity index (χ0) is 14.5. The number of anilines is 1. The van der Waals surface area contributed by atoms with E-state index in [1.165, 1.54) is 6.42 Å². The van der Waals surface area contributed by atoms with Gasteiger partial charge >= 0.3 is 0 Å². The van der Waals surface area contributed by atoms with E-state index in [2.05, 4.69) is 34.6 Å². The van der Waals surface area contributed by atoms with E-state index in [9.17, 15) is 4.79 Å². The molecule has 0 aromatic carbocycles. The average molecular weight is 276 g/mol. The van der Waals surface area contributed by atoms with Gasteiger partial charge in [-0.3, -0.25) is 10.2 Å². The number of piperidine rings is 1. The van der Waals surface area contributed by atoms with Crippen molar-refractivity contribution in [3.05, 3.63) is 23.9 Å². The molecule has 1 aromatic rings. The highest BCUT2D eigenvalue weighted by Gasteiger charge is 2.27. The van der Waals surface area contributed by atoms with Crippen LogP contribution in [0.15, 0.2) is 18.3 Å². The first-order chi connectivity index (χ1) is 9.63. The molecule has 2 atom stereocenters. The van der Waals surface area contributed by atoms with Crippen LogP contribution < -0.4 is 10.7 Å². The molecule has 1 aliphatic heterocycles. The fourth-order valence-corrected chi connectivity index (χ4v) is 2.72. The first-order valence-corrected chi connectivity index (χ1v) is 7.41. The lowest BCUT2D eigenvalue weighted by Crippen LogP contribution is -2.54. The van der Waals surface area contributed by atoms with Gasteiger partial charge in [-0.05, 0) is 45.7 Å². The van der Waals surface area contributed by atoms with Crippen molar-refractivity contribution >= 4 is 11.7 Å². The van der Waals surface area contributed by atoms with Crippen molar-refractivity contribution in [1.82, 2.24) is 15.4 Å². The van der Waals surface area contributed by atoms with Crippen LogP contribution in [-0.4, -0.2) is 34.5 Å². The van der Waals surface area contributed by atoms with Crippen molar-refractivity contribution in [2.24, 2.45) is 0 Å². The lowest BCUT2D eigenvalue weighted by molar-refractivity contribution is 0.0370. The first-order valence-electron chi connectivity index (χ1n) is 7.41. The highest BCUT2D eigenvalue weighted by Crippen LogP contribution is 2.21. The number of nitrogens with one attached hydrogen (secondary N) is 2. The quantitative estimate of drug-likeness (QED) is 0.886. The van der Waals surface area contributed by atoms with Crippen molar-refractivity contribution in [2.75, 3.05) is 11.9 Å². The maximum Gasteiger partial charge on any atom is 0.269 e. The van der Waals surface area contributed by atoms with Gasteiger partial charge in [0.05, 0.1) is 5.56 Å². The standard InChI is InChI=1S/C15H24N4O/c1-4-16-14-13(9-6-10-17-14)15(20)18-19-11(2)7-5-8-12(19)3/h6,9-12H,4-5,7-8H2,1-3H3,(H,16,17)(H,18,20).